The Hall–Kier alpha value is -4.05. The van der Waals surface area contributed by atoms with Gasteiger partial charge in [0.1, 0.15) is 17.2 Å². The molecule has 0 fully saturated rings. The second-order valence-corrected chi connectivity index (χ2v) is 7.73. The fourth-order valence-electron chi connectivity index (χ4n) is 3.79. The van der Waals surface area contributed by atoms with Crippen molar-refractivity contribution >= 4 is 22.8 Å². The first kappa shape index (κ1) is 22.2. The Balaban J connectivity index is 1.64. The minimum atomic E-state index is 0.00891. The van der Waals surface area contributed by atoms with Crippen molar-refractivity contribution in [2.24, 2.45) is 0 Å². The van der Waals surface area contributed by atoms with Crippen LogP contribution < -0.4 is 4.74 Å². The van der Waals surface area contributed by atoms with E-state index < -0.39 is 0 Å². The van der Waals surface area contributed by atoms with Gasteiger partial charge in [-0.3, -0.25) is 4.79 Å². The van der Waals surface area contributed by atoms with E-state index >= 15 is 0 Å². The van der Waals surface area contributed by atoms with E-state index in [0.29, 0.717) is 18.8 Å². The summed E-state index contributed by atoms with van der Waals surface area (Å²) < 4.78 is 6.40. The zero-order valence-electron chi connectivity index (χ0n) is 18.9. The lowest BCUT2D eigenvalue weighted by Crippen LogP contribution is -2.28. The molecule has 0 saturated heterocycles. The van der Waals surface area contributed by atoms with E-state index in [2.05, 4.69) is 12.1 Å². The van der Waals surface area contributed by atoms with E-state index in [-0.39, 0.29) is 11.7 Å². The third-order valence-corrected chi connectivity index (χ3v) is 5.65. The lowest BCUT2D eigenvalue weighted by molar-refractivity contribution is -0.125. The number of phenols is 1. The molecule has 0 unspecified atom stereocenters. The second-order valence-electron chi connectivity index (χ2n) is 7.73. The van der Waals surface area contributed by atoms with Crippen LogP contribution in [0.1, 0.15) is 19.4 Å². The van der Waals surface area contributed by atoms with Gasteiger partial charge in [-0.05, 0) is 66.8 Å². The SMILES string of the molecule is CCN(CC)C(=O)C=Cc1ccc(Oc2c(-c3ccc(O)cc3)ccc3ccccc23)cc1. The number of phenolic OH excluding ortho intramolecular Hbond substituents is 1. The normalized spacial score (nSPS) is 11.1. The molecule has 0 saturated carbocycles. The van der Waals surface area contributed by atoms with Gasteiger partial charge in [-0.1, -0.05) is 54.6 Å². The topological polar surface area (TPSA) is 49.8 Å². The van der Waals surface area contributed by atoms with Gasteiger partial charge >= 0.3 is 0 Å². The second kappa shape index (κ2) is 10.0. The van der Waals surface area contributed by atoms with E-state index in [1.54, 1.807) is 23.1 Å². The predicted molar refractivity (Wildman–Crippen MR) is 135 cm³/mol. The molecule has 0 aliphatic heterocycles. The van der Waals surface area contributed by atoms with Crippen molar-refractivity contribution in [3.05, 3.63) is 96.6 Å². The molecule has 0 aromatic heterocycles. The van der Waals surface area contributed by atoms with Crippen LogP contribution in [0, 0.1) is 0 Å². The van der Waals surface area contributed by atoms with Crippen LogP contribution in [0.25, 0.3) is 28.0 Å². The summed E-state index contributed by atoms with van der Waals surface area (Å²) in [6.45, 7) is 5.34. The Morgan fingerprint density at radius 2 is 1.58 bits per heavy atom. The van der Waals surface area contributed by atoms with Gasteiger partial charge in [0.25, 0.3) is 0 Å². The largest absolute Gasteiger partial charge is 0.508 e. The number of rotatable bonds is 7. The lowest BCUT2D eigenvalue weighted by Gasteiger charge is -2.16. The van der Waals surface area contributed by atoms with Gasteiger partial charge in [0.15, 0.2) is 0 Å². The van der Waals surface area contributed by atoms with Gasteiger partial charge in [-0.25, -0.2) is 0 Å². The number of amides is 1. The van der Waals surface area contributed by atoms with E-state index in [1.165, 1.54) is 0 Å². The fraction of sp³-hybridized carbons (Fsp3) is 0.138. The van der Waals surface area contributed by atoms with Crippen LogP contribution >= 0.6 is 0 Å². The highest BCUT2D eigenvalue weighted by Crippen LogP contribution is 2.40. The van der Waals surface area contributed by atoms with Crippen LogP contribution in [0.4, 0.5) is 0 Å². The molecule has 4 aromatic rings. The molecule has 33 heavy (non-hydrogen) atoms. The Labute approximate surface area is 194 Å². The van der Waals surface area contributed by atoms with Crippen LogP contribution in [-0.2, 0) is 4.79 Å². The maximum atomic E-state index is 12.2. The van der Waals surface area contributed by atoms with Gasteiger partial charge in [0.2, 0.25) is 5.91 Å². The first-order chi connectivity index (χ1) is 16.1. The molecule has 0 aliphatic carbocycles. The molecule has 4 nitrogen and oxygen atoms in total. The van der Waals surface area contributed by atoms with E-state index in [1.807, 2.05) is 80.6 Å². The molecule has 4 heteroatoms. The molecular formula is C29H27NO3. The molecule has 0 heterocycles. The van der Waals surface area contributed by atoms with Crippen molar-refractivity contribution in [2.45, 2.75) is 13.8 Å². The molecule has 0 bridgehead atoms. The monoisotopic (exact) mass is 437 g/mol. The first-order valence-electron chi connectivity index (χ1n) is 11.1. The summed E-state index contributed by atoms with van der Waals surface area (Å²) in [6.07, 6.45) is 3.43. The fourth-order valence-corrected chi connectivity index (χ4v) is 3.79. The lowest BCUT2D eigenvalue weighted by atomic mass is 9.99. The zero-order chi connectivity index (χ0) is 23.2. The molecule has 166 valence electrons. The zero-order valence-corrected chi connectivity index (χ0v) is 18.9. The van der Waals surface area contributed by atoms with Crippen molar-refractivity contribution in [3.8, 4) is 28.4 Å². The van der Waals surface area contributed by atoms with Crippen molar-refractivity contribution in [3.63, 3.8) is 0 Å². The number of carbonyl (C=O) groups excluding carboxylic acids is 1. The predicted octanol–water partition coefficient (Wildman–Crippen LogP) is 6.89. The summed E-state index contributed by atoms with van der Waals surface area (Å²) >= 11 is 0. The third kappa shape index (κ3) is 5.07. The van der Waals surface area contributed by atoms with E-state index in [4.69, 9.17) is 4.74 Å². The Morgan fingerprint density at radius 3 is 2.27 bits per heavy atom. The first-order valence-corrected chi connectivity index (χ1v) is 11.1. The average molecular weight is 438 g/mol. The number of nitrogens with zero attached hydrogens (tertiary/aromatic N) is 1. The summed E-state index contributed by atoms with van der Waals surface area (Å²) in [6, 6.07) is 27.0. The maximum absolute atomic E-state index is 12.2. The third-order valence-electron chi connectivity index (χ3n) is 5.65. The summed E-state index contributed by atoms with van der Waals surface area (Å²) in [5, 5.41) is 11.8. The van der Waals surface area contributed by atoms with Gasteiger partial charge in [-0.15, -0.1) is 0 Å². The highest BCUT2D eigenvalue weighted by molar-refractivity contribution is 5.95. The standard InChI is InChI=1S/C29H27NO3/c1-3-30(4-2)28(32)20-11-21-9-17-25(18-10-21)33-29-26-8-6-5-7-22(26)14-19-27(29)23-12-15-24(31)16-13-23/h5-20,31H,3-4H2,1-2H3. The number of benzene rings is 4. The molecule has 0 aliphatic rings. The molecular weight excluding hydrogens is 410 g/mol. The molecule has 1 amide bonds. The van der Waals surface area contributed by atoms with Gasteiger partial charge < -0.3 is 14.7 Å². The quantitative estimate of drug-likeness (QED) is 0.320. The molecule has 0 atom stereocenters. The summed E-state index contributed by atoms with van der Waals surface area (Å²) in [5.41, 5.74) is 2.84. The number of hydrogen-bond acceptors (Lipinski definition) is 3. The molecule has 0 spiro atoms. The number of likely N-dealkylation sites (N-methyl/N-ethyl adjacent to an activating group) is 1. The van der Waals surface area contributed by atoms with Crippen LogP contribution in [0.2, 0.25) is 0 Å². The van der Waals surface area contributed by atoms with E-state index in [0.717, 1.165) is 33.2 Å². The number of carbonyl (C=O) groups is 1. The molecule has 4 aromatic carbocycles. The minimum Gasteiger partial charge on any atom is -0.508 e. The Bertz CT molecular complexity index is 1270. The molecule has 0 radical (unpaired) electrons. The van der Waals surface area contributed by atoms with Gasteiger partial charge in [-0.2, -0.15) is 0 Å². The van der Waals surface area contributed by atoms with Crippen molar-refractivity contribution in [1.29, 1.82) is 0 Å². The van der Waals surface area contributed by atoms with Crippen molar-refractivity contribution in [1.82, 2.24) is 4.90 Å². The smallest absolute Gasteiger partial charge is 0.246 e. The number of aromatic hydroxyl groups is 1. The van der Waals surface area contributed by atoms with Crippen LogP contribution in [-0.4, -0.2) is 29.0 Å². The number of fused-ring (bicyclic) bond motifs is 1. The Morgan fingerprint density at radius 1 is 0.879 bits per heavy atom. The molecule has 4 rings (SSSR count). The van der Waals surface area contributed by atoms with Crippen LogP contribution in [0.15, 0.2) is 91.0 Å². The molecule has 1 N–H and O–H groups in total. The Kier molecular flexibility index (Phi) is 6.75. The summed E-state index contributed by atoms with van der Waals surface area (Å²) in [7, 11) is 0. The van der Waals surface area contributed by atoms with E-state index in [9.17, 15) is 9.90 Å². The number of ether oxygens (including phenoxy) is 1. The van der Waals surface area contributed by atoms with Crippen molar-refractivity contribution < 1.29 is 14.6 Å². The van der Waals surface area contributed by atoms with Crippen LogP contribution in [0.5, 0.6) is 17.2 Å². The average Bonchev–Trinajstić information content (AvgIpc) is 2.85. The van der Waals surface area contributed by atoms with Gasteiger partial charge in [0.05, 0.1) is 0 Å². The highest BCUT2D eigenvalue weighted by atomic mass is 16.5. The maximum Gasteiger partial charge on any atom is 0.246 e. The summed E-state index contributed by atoms with van der Waals surface area (Å²) in [5.74, 6) is 1.71. The van der Waals surface area contributed by atoms with Crippen LogP contribution in [0.3, 0.4) is 0 Å². The minimum absolute atomic E-state index is 0.00891. The number of hydrogen-bond donors (Lipinski definition) is 1. The van der Waals surface area contributed by atoms with Gasteiger partial charge in [0, 0.05) is 30.1 Å². The highest BCUT2D eigenvalue weighted by Gasteiger charge is 2.12. The van der Waals surface area contributed by atoms with Crippen molar-refractivity contribution in [2.75, 3.05) is 13.1 Å². The summed E-state index contributed by atoms with van der Waals surface area (Å²) in [4.78, 5) is 14.0.